The molecule has 4 aromatic rings. The molecular formula is C19H11Cl2N3OS. The van der Waals surface area contributed by atoms with Crippen LogP contribution in [0.5, 0.6) is 0 Å². The monoisotopic (exact) mass is 399 g/mol. The number of benzene rings is 2. The molecule has 0 saturated carbocycles. The fourth-order valence-corrected chi connectivity index (χ4v) is 3.62. The van der Waals surface area contributed by atoms with E-state index in [4.69, 9.17) is 23.2 Å². The molecule has 4 nitrogen and oxygen atoms in total. The first kappa shape index (κ1) is 17.0. The molecule has 0 aliphatic carbocycles. The zero-order valence-electron chi connectivity index (χ0n) is 13.3. The minimum Gasteiger partial charge on any atom is -0.266 e. The molecule has 0 spiro atoms. The van der Waals surface area contributed by atoms with Gasteiger partial charge >= 0.3 is 0 Å². The Morgan fingerprint density at radius 2 is 1.77 bits per heavy atom. The van der Waals surface area contributed by atoms with E-state index in [1.165, 1.54) is 15.9 Å². The highest BCUT2D eigenvalue weighted by Crippen LogP contribution is 2.16. The average molecular weight is 400 g/mol. The molecule has 0 aliphatic rings. The molecule has 2 heterocycles. The summed E-state index contributed by atoms with van der Waals surface area (Å²) in [6.45, 7) is 0. The topological polar surface area (TPSA) is 47.3 Å². The van der Waals surface area contributed by atoms with Crippen LogP contribution in [0.25, 0.3) is 23.2 Å². The van der Waals surface area contributed by atoms with Crippen molar-refractivity contribution in [1.29, 1.82) is 0 Å². The molecule has 2 aromatic heterocycles. The lowest BCUT2D eigenvalue weighted by molar-refractivity contribution is 0.925. The van der Waals surface area contributed by atoms with Crippen molar-refractivity contribution >= 4 is 57.7 Å². The van der Waals surface area contributed by atoms with Crippen molar-refractivity contribution in [1.82, 2.24) is 14.6 Å². The van der Waals surface area contributed by atoms with E-state index in [-0.39, 0.29) is 5.56 Å². The van der Waals surface area contributed by atoms with Crippen LogP contribution in [0.2, 0.25) is 10.0 Å². The van der Waals surface area contributed by atoms with Gasteiger partial charge in [-0.05, 0) is 41.5 Å². The lowest BCUT2D eigenvalue weighted by Gasteiger charge is -1.94. The van der Waals surface area contributed by atoms with Crippen LogP contribution in [-0.4, -0.2) is 14.6 Å². The quantitative estimate of drug-likeness (QED) is 0.519. The minimum absolute atomic E-state index is 0.205. The third-order valence-corrected chi connectivity index (χ3v) is 5.24. The van der Waals surface area contributed by atoms with Gasteiger partial charge in [0, 0.05) is 10.0 Å². The predicted octanol–water partition coefficient (Wildman–Crippen LogP) is 4.18. The Morgan fingerprint density at radius 3 is 2.50 bits per heavy atom. The van der Waals surface area contributed by atoms with E-state index in [2.05, 4.69) is 10.1 Å². The molecule has 7 heteroatoms. The zero-order chi connectivity index (χ0) is 18.1. The first-order valence-electron chi connectivity index (χ1n) is 7.70. The summed E-state index contributed by atoms with van der Waals surface area (Å²) in [6, 6.07) is 14.8. The first-order valence-corrected chi connectivity index (χ1v) is 9.27. The van der Waals surface area contributed by atoms with Crippen LogP contribution in [0.4, 0.5) is 0 Å². The molecule has 0 aliphatic heterocycles. The number of hydrogen-bond donors (Lipinski definition) is 0. The lowest BCUT2D eigenvalue weighted by atomic mass is 10.2. The van der Waals surface area contributed by atoms with Crippen LogP contribution >= 0.6 is 34.5 Å². The largest absolute Gasteiger partial charge is 0.291 e. The highest BCUT2D eigenvalue weighted by atomic mass is 35.5. The van der Waals surface area contributed by atoms with Crippen LogP contribution < -0.4 is 10.1 Å². The Balaban J connectivity index is 1.69. The van der Waals surface area contributed by atoms with Crippen molar-refractivity contribution in [2.75, 3.05) is 0 Å². The first-order chi connectivity index (χ1) is 12.6. The minimum atomic E-state index is -0.205. The van der Waals surface area contributed by atoms with E-state index < -0.39 is 0 Å². The predicted molar refractivity (Wildman–Crippen MR) is 108 cm³/mol. The Morgan fingerprint density at radius 1 is 1.00 bits per heavy atom. The number of aromatic nitrogens is 3. The third kappa shape index (κ3) is 3.42. The third-order valence-electron chi connectivity index (χ3n) is 3.68. The number of thiazole rings is 1. The Kier molecular flexibility index (Phi) is 4.59. The fraction of sp³-hybridized carbons (Fsp3) is 0. The molecule has 0 bridgehead atoms. The SMILES string of the molecule is O=c1c(=Cc2ccccc2Cl)sc2nc(C=Cc3ccc(Cl)cc3)nn12. The Labute approximate surface area is 162 Å². The van der Waals surface area contributed by atoms with Gasteiger partial charge in [-0.3, -0.25) is 4.79 Å². The van der Waals surface area contributed by atoms with Gasteiger partial charge in [0.05, 0.1) is 4.53 Å². The molecule has 0 fully saturated rings. The van der Waals surface area contributed by atoms with Crippen molar-refractivity contribution in [3.8, 4) is 0 Å². The van der Waals surface area contributed by atoms with Gasteiger partial charge in [-0.2, -0.15) is 9.50 Å². The lowest BCUT2D eigenvalue weighted by Crippen LogP contribution is -2.23. The number of rotatable bonds is 3. The van der Waals surface area contributed by atoms with E-state index in [1.54, 1.807) is 18.2 Å². The Bertz CT molecular complexity index is 1230. The number of nitrogens with zero attached hydrogens (tertiary/aromatic N) is 3. The van der Waals surface area contributed by atoms with E-state index in [1.807, 2.05) is 48.5 Å². The van der Waals surface area contributed by atoms with Gasteiger partial charge in [0.15, 0.2) is 5.82 Å². The maximum Gasteiger partial charge on any atom is 0.291 e. The van der Waals surface area contributed by atoms with E-state index in [0.29, 0.717) is 25.4 Å². The van der Waals surface area contributed by atoms with Gasteiger partial charge in [0.25, 0.3) is 5.56 Å². The van der Waals surface area contributed by atoms with Crippen LogP contribution in [0.1, 0.15) is 17.0 Å². The second kappa shape index (κ2) is 7.03. The molecule has 0 unspecified atom stereocenters. The van der Waals surface area contributed by atoms with Crippen molar-refractivity contribution in [3.05, 3.63) is 90.4 Å². The number of hydrogen-bond acceptors (Lipinski definition) is 4. The van der Waals surface area contributed by atoms with Gasteiger partial charge in [-0.1, -0.05) is 70.9 Å². The molecule has 128 valence electrons. The number of fused-ring (bicyclic) bond motifs is 1. The average Bonchev–Trinajstić information content (AvgIpc) is 3.16. The van der Waals surface area contributed by atoms with Crippen LogP contribution in [0.3, 0.4) is 0 Å². The summed E-state index contributed by atoms with van der Waals surface area (Å²) >= 11 is 13.3. The van der Waals surface area contributed by atoms with Gasteiger partial charge in [-0.25, -0.2) is 0 Å². The molecule has 2 aromatic carbocycles. The van der Waals surface area contributed by atoms with Gasteiger partial charge < -0.3 is 0 Å². The van der Waals surface area contributed by atoms with E-state index in [9.17, 15) is 4.79 Å². The highest BCUT2D eigenvalue weighted by Gasteiger charge is 2.09. The van der Waals surface area contributed by atoms with Gasteiger partial charge in [0.2, 0.25) is 4.96 Å². The summed E-state index contributed by atoms with van der Waals surface area (Å²) in [4.78, 5) is 17.5. The second-order valence-corrected chi connectivity index (χ2v) is 7.34. The van der Waals surface area contributed by atoms with E-state index >= 15 is 0 Å². The molecule has 0 N–H and O–H groups in total. The maximum atomic E-state index is 12.5. The van der Waals surface area contributed by atoms with Crippen LogP contribution in [0.15, 0.2) is 53.3 Å². The van der Waals surface area contributed by atoms with Crippen molar-refractivity contribution in [2.24, 2.45) is 0 Å². The molecule has 0 saturated heterocycles. The van der Waals surface area contributed by atoms with Gasteiger partial charge in [-0.15, -0.1) is 5.10 Å². The van der Waals surface area contributed by atoms with Crippen LogP contribution in [0, 0.1) is 0 Å². The normalized spacial score (nSPS) is 12.5. The number of halogens is 2. The van der Waals surface area contributed by atoms with Crippen LogP contribution in [-0.2, 0) is 0 Å². The van der Waals surface area contributed by atoms with Crippen molar-refractivity contribution < 1.29 is 0 Å². The molecule has 26 heavy (non-hydrogen) atoms. The summed E-state index contributed by atoms with van der Waals surface area (Å²) in [6.07, 6.45) is 5.39. The summed E-state index contributed by atoms with van der Waals surface area (Å²) in [5, 5.41) is 5.54. The molecule has 0 radical (unpaired) electrons. The zero-order valence-corrected chi connectivity index (χ0v) is 15.6. The van der Waals surface area contributed by atoms with Crippen molar-refractivity contribution in [3.63, 3.8) is 0 Å². The molecule has 0 amide bonds. The standard InChI is InChI=1S/C19H11Cl2N3OS/c20-14-8-5-12(6-9-14)7-10-17-22-19-24(23-17)18(25)16(26-19)11-13-3-1-2-4-15(13)21/h1-11H. The Hall–Kier alpha value is -2.47. The van der Waals surface area contributed by atoms with E-state index in [0.717, 1.165) is 11.1 Å². The highest BCUT2D eigenvalue weighted by molar-refractivity contribution is 7.15. The summed E-state index contributed by atoms with van der Waals surface area (Å²) in [5.41, 5.74) is 1.56. The van der Waals surface area contributed by atoms with Crippen molar-refractivity contribution in [2.45, 2.75) is 0 Å². The molecule has 0 atom stereocenters. The smallest absolute Gasteiger partial charge is 0.266 e. The molecule has 4 rings (SSSR count). The maximum absolute atomic E-state index is 12.5. The van der Waals surface area contributed by atoms with Gasteiger partial charge in [0.1, 0.15) is 0 Å². The molecular weight excluding hydrogens is 389 g/mol. The summed E-state index contributed by atoms with van der Waals surface area (Å²) in [7, 11) is 0. The summed E-state index contributed by atoms with van der Waals surface area (Å²) < 4.78 is 1.86. The summed E-state index contributed by atoms with van der Waals surface area (Å²) in [5.74, 6) is 0.479. The second-order valence-electron chi connectivity index (χ2n) is 5.49. The fourth-order valence-electron chi connectivity index (χ4n) is 2.40.